The molecule has 0 aromatic heterocycles. The van der Waals surface area contributed by atoms with Gasteiger partial charge in [-0.05, 0) is 75.5 Å². The highest BCUT2D eigenvalue weighted by Gasteiger charge is 2.57. The molecule has 5 fully saturated rings. The molecule has 1 saturated heterocycles. The lowest BCUT2D eigenvalue weighted by molar-refractivity contribution is -0.206. The van der Waals surface area contributed by atoms with Gasteiger partial charge in [-0.2, -0.15) is 0 Å². The second kappa shape index (κ2) is 9.91. The Bertz CT molecular complexity index is 643. The molecule has 4 aliphatic carbocycles. The summed E-state index contributed by atoms with van der Waals surface area (Å²) in [6, 6.07) is 0. The molecule has 6 heteroatoms. The van der Waals surface area contributed by atoms with Gasteiger partial charge in [-0.15, -0.1) is 0 Å². The van der Waals surface area contributed by atoms with Gasteiger partial charge in [-0.1, -0.05) is 27.7 Å². The van der Waals surface area contributed by atoms with E-state index in [9.17, 15) is 14.4 Å². The Labute approximate surface area is 186 Å². The molecule has 176 valence electrons. The SMILES string of the molecule is CCC(C)C(=O)OC1(C)C2CC3CC(C2)CC1C3.CCC(C)C(=O)OC1CCOC1=O. The summed E-state index contributed by atoms with van der Waals surface area (Å²) in [7, 11) is 0. The lowest BCUT2D eigenvalue weighted by Gasteiger charge is -2.59. The largest absolute Gasteiger partial charge is 0.463 e. The van der Waals surface area contributed by atoms with Crippen LogP contribution in [0, 0.1) is 35.5 Å². The first-order valence-corrected chi connectivity index (χ1v) is 12.3. The zero-order valence-electron chi connectivity index (χ0n) is 19.9. The fraction of sp³-hybridized carbons (Fsp3) is 0.880. The van der Waals surface area contributed by atoms with E-state index in [-0.39, 0.29) is 29.4 Å². The highest BCUT2D eigenvalue weighted by molar-refractivity contribution is 5.81. The molecule has 1 heterocycles. The zero-order valence-corrected chi connectivity index (χ0v) is 19.9. The molecule has 0 N–H and O–H groups in total. The van der Waals surface area contributed by atoms with Gasteiger partial charge in [-0.25, -0.2) is 4.79 Å². The summed E-state index contributed by atoms with van der Waals surface area (Å²) in [6.45, 7) is 10.3. The maximum absolute atomic E-state index is 12.1. The first-order valence-electron chi connectivity index (χ1n) is 12.3. The molecule has 1 aliphatic heterocycles. The van der Waals surface area contributed by atoms with Crippen LogP contribution in [0.3, 0.4) is 0 Å². The van der Waals surface area contributed by atoms with Crippen molar-refractivity contribution in [2.45, 2.75) is 97.7 Å². The molecule has 0 aromatic rings. The van der Waals surface area contributed by atoms with Crippen LogP contribution in [0.4, 0.5) is 0 Å². The highest BCUT2D eigenvalue weighted by Crippen LogP contribution is 2.59. The molecule has 4 saturated carbocycles. The molecule has 3 atom stereocenters. The molecule has 5 aliphatic rings. The Morgan fingerprint density at radius 3 is 1.94 bits per heavy atom. The van der Waals surface area contributed by atoms with Crippen molar-refractivity contribution in [2.24, 2.45) is 35.5 Å². The summed E-state index contributed by atoms with van der Waals surface area (Å²) in [5, 5.41) is 0. The van der Waals surface area contributed by atoms with Crippen molar-refractivity contribution in [3.05, 3.63) is 0 Å². The van der Waals surface area contributed by atoms with Gasteiger partial charge in [0.05, 0.1) is 18.4 Å². The van der Waals surface area contributed by atoms with Crippen molar-refractivity contribution in [3.63, 3.8) is 0 Å². The van der Waals surface area contributed by atoms with E-state index in [2.05, 4.69) is 18.6 Å². The van der Waals surface area contributed by atoms with Crippen LogP contribution in [0.1, 0.15) is 86.0 Å². The predicted molar refractivity (Wildman–Crippen MR) is 116 cm³/mol. The zero-order chi connectivity index (χ0) is 22.8. The van der Waals surface area contributed by atoms with Crippen molar-refractivity contribution in [1.29, 1.82) is 0 Å². The number of esters is 3. The smallest absolute Gasteiger partial charge is 0.347 e. The summed E-state index contributed by atoms with van der Waals surface area (Å²) in [4.78, 5) is 34.3. The Kier molecular flexibility index (Phi) is 7.69. The van der Waals surface area contributed by atoms with Gasteiger partial charge >= 0.3 is 17.9 Å². The normalized spacial score (nSPS) is 37.3. The van der Waals surface area contributed by atoms with Crippen molar-refractivity contribution >= 4 is 17.9 Å². The summed E-state index contributed by atoms with van der Waals surface area (Å²) in [5.41, 5.74) is -0.145. The first-order chi connectivity index (χ1) is 14.7. The third kappa shape index (κ3) is 5.25. The molecule has 3 unspecified atom stereocenters. The van der Waals surface area contributed by atoms with E-state index in [1.807, 2.05) is 13.8 Å². The van der Waals surface area contributed by atoms with Crippen LogP contribution >= 0.6 is 0 Å². The van der Waals surface area contributed by atoms with Crippen LogP contribution < -0.4 is 0 Å². The van der Waals surface area contributed by atoms with Gasteiger partial charge in [0, 0.05) is 6.42 Å². The lowest BCUT2D eigenvalue weighted by Crippen LogP contribution is -2.58. The second-order valence-corrected chi connectivity index (χ2v) is 10.4. The maximum atomic E-state index is 12.1. The van der Waals surface area contributed by atoms with Gasteiger partial charge in [0.2, 0.25) is 6.10 Å². The standard InChI is InChI=1S/C16H26O2.C9H14O4/c1-4-10(2)15(17)18-16(3)13-6-11-5-12(8-13)9-14(16)7-11;1-3-6(2)8(10)13-7-4-5-12-9(7)11/h10-14H,4-9H2,1-3H3;6-7H,3-5H2,1-2H3. The van der Waals surface area contributed by atoms with Gasteiger partial charge in [0.1, 0.15) is 5.60 Å². The van der Waals surface area contributed by atoms with E-state index in [0.717, 1.165) is 24.7 Å². The Morgan fingerprint density at radius 1 is 0.968 bits per heavy atom. The number of hydrogen-bond donors (Lipinski definition) is 0. The second-order valence-electron chi connectivity index (χ2n) is 10.4. The molecule has 0 spiro atoms. The van der Waals surface area contributed by atoms with Crippen molar-refractivity contribution in [1.82, 2.24) is 0 Å². The number of cyclic esters (lactones) is 1. The van der Waals surface area contributed by atoms with E-state index < -0.39 is 12.1 Å². The molecule has 0 aromatic carbocycles. The topological polar surface area (TPSA) is 78.9 Å². The average Bonchev–Trinajstić information content (AvgIpc) is 3.15. The monoisotopic (exact) mass is 436 g/mol. The molecule has 5 rings (SSSR count). The summed E-state index contributed by atoms with van der Waals surface area (Å²) in [5.74, 6) is 2.36. The van der Waals surface area contributed by atoms with Crippen LogP contribution in [0.2, 0.25) is 0 Å². The third-order valence-electron chi connectivity index (χ3n) is 8.25. The fourth-order valence-electron chi connectivity index (χ4n) is 5.78. The quantitative estimate of drug-likeness (QED) is 0.444. The van der Waals surface area contributed by atoms with Gasteiger partial charge < -0.3 is 14.2 Å². The molecule has 6 nitrogen and oxygen atoms in total. The minimum absolute atomic E-state index is 0.0347. The average molecular weight is 437 g/mol. The van der Waals surface area contributed by atoms with Crippen molar-refractivity contribution in [3.8, 4) is 0 Å². The Balaban J connectivity index is 0.000000187. The van der Waals surface area contributed by atoms with E-state index in [0.29, 0.717) is 24.9 Å². The minimum Gasteiger partial charge on any atom is -0.463 e. The number of rotatable bonds is 6. The number of carbonyl (C=O) groups is 3. The van der Waals surface area contributed by atoms with Crippen molar-refractivity contribution < 1.29 is 28.6 Å². The van der Waals surface area contributed by atoms with Gasteiger partial charge in [0.25, 0.3) is 0 Å². The molecule has 4 bridgehead atoms. The van der Waals surface area contributed by atoms with E-state index >= 15 is 0 Å². The third-order valence-corrected chi connectivity index (χ3v) is 8.25. The van der Waals surface area contributed by atoms with Crippen LogP contribution in [0.25, 0.3) is 0 Å². The molecular weight excluding hydrogens is 396 g/mol. The number of ether oxygens (including phenoxy) is 3. The summed E-state index contributed by atoms with van der Waals surface area (Å²) in [6.07, 6.45) is 8.09. The minimum atomic E-state index is -0.665. The Morgan fingerprint density at radius 2 is 1.48 bits per heavy atom. The molecule has 0 radical (unpaired) electrons. The van der Waals surface area contributed by atoms with Crippen molar-refractivity contribution in [2.75, 3.05) is 6.61 Å². The van der Waals surface area contributed by atoms with Crippen LogP contribution in [-0.4, -0.2) is 36.2 Å². The molecule has 31 heavy (non-hydrogen) atoms. The van der Waals surface area contributed by atoms with Crippen LogP contribution in [-0.2, 0) is 28.6 Å². The first kappa shape index (κ1) is 24.1. The molecule has 0 amide bonds. The fourth-order valence-corrected chi connectivity index (χ4v) is 5.78. The number of hydrogen-bond acceptors (Lipinski definition) is 6. The lowest BCUT2D eigenvalue weighted by atomic mass is 9.50. The van der Waals surface area contributed by atoms with Gasteiger partial charge in [-0.3, -0.25) is 9.59 Å². The predicted octanol–water partition coefficient (Wildman–Crippen LogP) is 4.68. The van der Waals surface area contributed by atoms with E-state index in [4.69, 9.17) is 9.47 Å². The van der Waals surface area contributed by atoms with Gasteiger partial charge in [0.15, 0.2) is 0 Å². The van der Waals surface area contributed by atoms with Crippen LogP contribution in [0.5, 0.6) is 0 Å². The van der Waals surface area contributed by atoms with E-state index in [1.165, 1.54) is 32.1 Å². The highest BCUT2D eigenvalue weighted by atomic mass is 16.6. The molecular formula is C25H40O6. The Hall–Kier alpha value is -1.59. The summed E-state index contributed by atoms with van der Waals surface area (Å²) >= 11 is 0. The number of carbonyl (C=O) groups excluding carboxylic acids is 3. The van der Waals surface area contributed by atoms with E-state index in [1.54, 1.807) is 6.92 Å². The summed E-state index contributed by atoms with van der Waals surface area (Å²) < 4.78 is 15.7. The van der Waals surface area contributed by atoms with Crippen LogP contribution in [0.15, 0.2) is 0 Å². The maximum Gasteiger partial charge on any atom is 0.347 e.